The van der Waals surface area contributed by atoms with Crippen LogP contribution < -0.4 is 0 Å². The molecule has 20 heavy (non-hydrogen) atoms. The van der Waals surface area contributed by atoms with Crippen LogP contribution in [-0.2, 0) is 0 Å². The largest absolute Gasteiger partial charge is 0.337 e. The van der Waals surface area contributed by atoms with Crippen LogP contribution in [0, 0.1) is 11.8 Å². The van der Waals surface area contributed by atoms with Gasteiger partial charge in [0.25, 0.3) is 5.91 Å². The molecule has 0 bridgehead atoms. The van der Waals surface area contributed by atoms with E-state index in [0.717, 1.165) is 38.5 Å². The molecule has 0 N–H and O–H groups in total. The Kier molecular flexibility index (Phi) is 3.65. The van der Waals surface area contributed by atoms with Crippen molar-refractivity contribution >= 4 is 5.91 Å². The maximum Gasteiger partial charge on any atom is 0.257 e. The van der Waals surface area contributed by atoms with Gasteiger partial charge in [-0.05, 0) is 31.9 Å². The van der Waals surface area contributed by atoms with E-state index in [2.05, 4.69) is 9.88 Å². The monoisotopic (exact) mass is 281 g/mol. The molecule has 0 spiro atoms. The standard InChI is InChI=1S/C14H17F2N3O/c15-12-11(4-5-17-13(12)16)14(20)19-8-2-7-18-6-1-3-10(18)9-19/h4-5,10H,1-3,6-9H2. The summed E-state index contributed by atoms with van der Waals surface area (Å²) in [5.74, 6) is -2.80. The molecule has 3 rings (SSSR count). The van der Waals surface area contributed by atoms with Gasteiger partial charge in [-0.2, -0.15) is 4.39 Å². The minimum absolute atomic E-state index is 0.219. The quantitative estimate of drug-likeness (QED) is 0.735. The van der Waals surface area contributed by atoms with Crippen LogP contribution in [0.2, 0.25) is 0 Å². The minimum atomic E-state index is -1.21. The Morgan fingerprint density at radius 3 is 2.90 bits per heavy atom. The lowest BCUT2D eigenvalue weighted by molar-refractivity contribution is 0.0737. The van der Waals surface area contributed by atoms with Crippen molar-refractivity contribution in [3.8, 4) is 0 Å². The fourth-order valence-corrected chi connectivity index (χ4v) is 3.14. The number of carbonyl (C=O) groups excluding carboxylic acids is 1. The fraction of sp³-hybridized carbons (Fsp3) is 0.571. The van der Waals surface area contributed by atoms with Crippen molar-refractivity contribution in [3.63, 3.8) is 0 Å². The van der Waals surface area contributed by atoms with Gasteiger partial charge >= 0.3 is 0 Å². The predicted octanol–water partition coefficient (Wildman–Crippen LogP) is 1.67. The normalized spacial score (nSPS) is 23.5. The van der Waals surface area contributed by atoms with E-state index < -0.39 is 17.7 Å². The molecule has 2 aliphatic rings. The number of halogens is 2. The zero-order valence-electron chi connectivity index (χ0n) is 11.2. The zero-order valence-corrected chi connectivity index (χ0v) is 11.2. The lowest BCUT2D eigenvalue weighted by Crippen LogP contribution is -2.40. The summed E-state index contributed by atoms with van der Waals surface area (Å²) in [6.07, 6.45) is 4.21. The Labute approximate surface area is 116 Å². The van der Waals surface area contributed by atoms with Crippen molar-refractivity contribution in [3.05, 3.63) is 29.6 Å². The summed E-state index contributed by atoms with van der Waals surface area (Å²) in [6, 6.07) is 1.61. The van der Waals surface area contributed by atoms with Gasteiger partial charge < -0.3 is 4.90 Å². The third-order valence-electron chi connectivity index (χ3n) is 4.17. The molecule has 0 aromatic carbocycles. The number of aromatic nitrogens is 1. The van der Waals surface area contributed by atoms with Gasteiger partial charge in [-0.15, -0.1) is 0 Å². The highest BCUT2D eigenvalue weighted by atomic mass is 19.2. The van der Waals surface area contributed by atoms with Crippen LogP contribution in [0.4, 0.5) is 8.78 Å². The molecule has 1 amide bonds. The summed E-state index contributed by atoms with van der Waals surface area (Å²) in [6.45, 7) is 3.24. The van der Waals surface area contributed by atoms with Gasteiger partial charge in [0.15, 0.2) is 5.82 Å². The molecule has 2 saturated heterocycles. The van der Waals surface area contributed by atoms with Crippen molar-refractivity contribution < 1.29 is 13.6 Å². The van der Waals surface area contributed by atoms with E-state index in [4.69, 9.17) is 0 Å². The first kappa shape index (κ1) is 13.4. The average Bonchev–Trinajstić information content (AvgIpc) is 2.78. The molecule has 1 unspecified atom stereocenters. The molecule has 0 saturated carbocycles. The SMILES string of the molecule is O=C(c1ccnc(F)c1F)N1CCCN2CCCC2C1. The summed E-state index contributed by atoms with van der Waals surface area (Å²) in [5.41, 5.74) is -0.219. The molecule has 1 aromatic rings. The number of pyridine rings is 1. The highest BCUT2D eigenvalue weighted by Crippen LogP contribution is 2.23. The van der Waals surface area contributed by atoms with E-state index in [1.807, 2.05) is 0 Å². The van der Waals surface area contributed by atoms with Crippen LogP contribution in [0.3, 0.4) is 0 Å². The predicted molar refractivity (Wildman–Crippen MR) is 69.3 cm³/mol. The third-order valence-corrected chi connectivity index (χ3v) is 4.17. The van der Waals surface area contributed by atoms with Crippen molar-refractivity contribution in [2.75, 3.05) is 26.2 Å². The Bertz CT molecular complexity index is 523. The number of fused-ring (bicyclic) bond motifs is 1. The minimum Gasteiger partial charge on any atom is -0.337 e. The molecule has 1 atom stereocenters. The second-order valence-electron chi connectivity index (χ2n) is 5.40. The number of carbonyl (C=O) groups is 1. The molecule has 0 radical (unpaired) electrons. The summed E-state index contributed by atoms with van der Waals surface area (Å²) in [5, 5.41) is 0. The summed E-state index contributed by atoms with van der Waals surface area (Å²) >= 11 is 0. The van der Waals surface area contributed by atoms with Crippen LogP contribution in [0.15, 0.2) is 12.3 Å². The maximum atomic E-state index is 13.7. The second kappa shape index (κ2) is 5.44. The highest BCUT2D eigenvalue weighted by Gasteiger charge is 2.31. The van der Waals surface area contributed by atoms with Crippen LogP contribution in [0.1, 0.15) is 29.6 Å². The molecule has 1 aromatic heterocycles. The first-order valence-electron chi connectivity index (χ1n) is 7.00. The van der Waals surface area contributed by atoms with Crippen LogP contribution >= 0.6 is 0 Å². The first-order valence-corrected chi connectivity index (χ1v) is 7.00. The van der Waals surface area contributed by atoms with Crippen LogP contribution in [-0.4, -0.2) is 52.9 Å². The molecule has 3 heterocycles. The van der Waals surface area contributed by atoms with Crippen molar-refractivity contribution in [1.82, 2.24) is 14.8 Å². The average molecular weight is 281 g/mol. The smallest absolute Gasteiger partial charge is 0.257 e. The summed E-state index contributed by atoms with van der Waals surface area (Å²) < 4.78 is 26.8. The fourth-order valence-electron chi connectivity index (χ4n) is 3.14. The van der Waals surface area contributed by atoms with E-state index in [1.165, 1.54) is 6.07 Å². The van der Waals surface area contributed by atoms with Crippen LogP contribution in [0.25, 0.3) is 0 Å². The summed E-state index contributed by atoms with van der Waals surface area (Å²) in [7, 11) is 0. The second-order valence-corrected chi connectivity index (χ2v) is 5.40. The molecule has 0 aliphatic carbocycles. The van der Waals surface area contributed by atoms with Gasteiger partial charge in [0.1, 0.15) is 0 Å². The summed E-state index contributed by atoms with van der Waals surface area (Å²) in [4.78, 5) is 19.6. The van der Waals surface area contributed by atoms with Crippen molar-refractivity contribution in [2.24, 2.45) is 0 Å². The number of hydrogen-bond acceptors (Lipinski definition) is 3. The number of nitrogens with zero attached hydrogens (tertiary/aromatic N) is 3. The van der Waals surface area contributed by atoms with E-state index in [0.29, 0.717) is 19.1 Å². The van der Waals surface area contributed by atoms with Crippen molar-refractivity contribution in [1.29, 1.82) is 0 Å². The van der Waals surface area contributed by atoms with Gasteiger partial charge in [-0.25, -0.2) is 9.37 Å². The van der Waals surface area contributed by atoms with Gasteiger partial charge in [-0.3, -0.25) is 9.69 Å². The Balaban J connectivity index is 1.81. The van der Waals surface area contributed by atoms with E-state index in [1.54, 1.807) is 4.90 Å². The maximum absolute atomic E-state index is 13.7. The molecule has 4 nitrogen and oxygen atoms in total. The van der Waals surface area contributed by atoms with Gasteiger partial charge in [0.05, 0.1) is 5.56 Å². The van der Waals surface area contributed by atoms with Gasteiger partial charge in [0, 0.05) is 31.9 Å². The highest BCUT2D eigenvalue weighted by molar-refractivity contribution is 5.94. The molecule has 2 aliphatic heterocycles. The lowest BCUT2D eigenvalue weighted by Gasteiger charge is -2.25. The lowest BCUT2D eigenvalue weighted by atomic mass is 10.1. The van der Waals surface area contributed by atoms with E-state index in [-0.39, 0.29) is 5.56 Å². The van der Waals surface area contributed by atoms with Crippen molar-refractivity contribution in [2.45, 2.75) is 25.3 Å². The third kappa shape index (κ3) is 2.40. The Hall–Kier alpha value is -1.56. The molecule has 2 fully saturated rings. The topological polar surface area (TPSA) is 36.4 Å². The van der Waals surface area contributed by atoms with E-state index >= 15 is 0 Å². The molecule has 6 heteroatoms. The van der Waals surface area contributed by atoms with Crippen LogP contribution in [0.5, 0.6) is 0 Å². The molecule has 108 valence electrons. The number of hydrogen-bond donors (Lipinski definition) is 0. The van der Waals surface area contributed by atoms with Gasteiger partial charge in [0.2, 0.25) is 5.95 Å². The zero-order chi connectivity index (χ0) is 14.1. The molecular weight excluding hydrogens is 264 g/mol. The van der Waals surface area contributed by atoms with E-state index in [9.17, 15) is 13.6 Å². The Morgan fingerprint density at radius 1 is 1.25 bits per heavy atom. The van der Waals surface area contributed by atoms with Gasteiger partial charge in [-0.1, -0.05) is 0 Å². The number of rotatable bonds is 1. The Morgan fingerprint density at radius 2 is 2.05 bits per heavy atom. The first-order chi connectivity index (χ1) is 9.66. The molecular formula is C14H17F2N3O. The number of amides is 1.